The number of likely N-dealkylation sites (tertiary alicyclic amines) is 1. The summed E-state index contributed by atoms with van der Waals surface area (Å²) in [7, 11) is 0. The quantitative estimate of drug-likeness (QED) is 0.684. The van der Waals surface area contributed by atoms with Gasteiger partial charge in [-0.3, -0.25) is 19.7 Å². The molecular weight excluding hydrogens is 286 g/mol. The van der Waals surface area contributed by atoms with Crippen molar-refractivity contribution >= 4 is 23.2 Å². The van der Waals surface area contributed by atoms with Crippen molar-refractivity contribution in [3.05, 3.63) is 34.4 Å². The molecule has 1 saturated heterocycles. The largest absolute Gasteiger partial charge is 0.337 e. The number of anilines is 1. The molecule has 0 aliphatic carbocycles. The van der Waals surface area contributed by atoms with Crippen molar-refractivity contribution in [1.82, 2.24) is 4.90 Å². The van der Waals surface area contributed by atoms with Crippen molar-refractivity contribution in [2.75, 3.05) is 11.9 Å². The van der Waals surface area contributed by atoms with Crippen LogP contribution >= 0.6 is 0 Å². The van der Waals surface area contributed by atoms with E-state index in [4.69, 9.17) is 0 Å². The number of carbonyl (C=O) groups excluding carboxylic acids is 2. The molecule has 1 fully saturated rings. The lowest BCUT2D eigenvalue weighted by atomic mass is 10.1. The molecule has 1 aliphatic heterocycles. The first kappa shape index (κ1) is 15.9. The second-order valence-electron chi connectivity index (χ2n) is 6.34. The number of benzene rings is 1. The van der Waals surface area contributed by atoms with E-state index in [1.54, 1.807) is 11.0 Å². The number of hydrogen-bond acceptors (Lipinski definition) is 4. The Labute approximate surface area is 128 Å². The molecule has 0 spiro atoms. The summed E-state index contributed by atoms with van der Waals surface area (Å²) in [5, 5.41) is 13.5. The van der Waals surface area contributed by atoms with E-state index in [2.05, 4.69) is 5.32 Å². The van der Waals surface area contributed by atoms with Crippen molar-refractivity contribution < 1.29 is 14.5 Å². The van der Waals surface area contributed by atoms with E-state index in [1.165, 1.54) is 18.2 Å². The number of rotatable bonds is 3. The third-order valence-corrected chi connectivity index (χ3v) is 3.66. The van der Waals surface area contributed by atoms with Crippen molar-refractivity contribution in [1.29, 1.82) is 0 Å². The van der Waals surface area contributed by atoms with E-state index < -0.39 is 10.8 Å². The zero-order chi connectivity index (χ0) is 16.5. The molecular formula is C15H19N3O4. The number of nitrogens with one attached hydrogen (secondary N) is 1. The van der Waals surface area contributed by atoms with Crippen LogP contribution in [0.15, 0.2) is 24.3 Å². The highest BCUT2D eigenvalue weighted by molar-refractivity contribution is 5.98. The molecule has 2 rings (SSSR count). The molecule has 2 amide bonds. The third-order valence-electron chi connectivity index (χ3n) is 3.66. The van der Waals surface area contributed by atoms with Gasteiger partial charge in [0.25, 0.3) is 5.69 Å². The predicted molar refractivity (Wildman–Crippen MR) is 81.3 cm³/mol. The summed E-state index contributed by atoms with van der Waals surface area (Å²) in [4.78, 5) is 36.4. The minimum Gasteiger partial charge on any atom is -0.337 e. The third kappa shape index (κ3) is 3.24. The summed E-state index contributed by atoms with van der Waals surface area (Å²) in [5.41, 5.74) is -0.350. The van der Waals surface area contributed by atoms with Gasteiger partial charge in [0.05, 0.1) is 10.8 Å². The average molecular weight is 305 g/mol. The molecule has 7 nitrogen and oxygen atoms in total. The number of amides is 2. The summed E-state index contributed by atoms with van der Waals surface area (Å²) in [6.45, 7) is 6.06. The Bertz CT molecular complexity index is 621. The fourth-order valence-corrected chi connectivity index (χ4v) is 2.50. The molecule has 0 bridgehead atoms. The summed E-state index contributed by atoms with van der Waals surface area (Å²) < 4.78 is 0. The van der Waals surface area contributed by atoms with Crippen LogP contribution in [0.4, 0.5) is 11.4 Å². The topological polar surface area (TPSA) is 92.6 Å². The van der Waals surface area contributed by atoms with Gasteiger partial charge in [0.1, 0.15) is 5.69 Å². The Morgan fingerprint density at radius 1 is 1.36 bits per heavy atom. The Kier molecular flexibility index (Phi) is 4.16. The zero-order valence-electron chi connectivity index (χ0n) is 12.8. The van der Waals surface area contributed by atoms with Gasteiger partial charge in [0.15, 0.2) is 0 Å². The number of para-hydroxylation sites is 2. The molecule has 1 N–H and O–H groups in total. The Morgan fingerprint density at radius 2 is 2.00 bits per heavy atom. The van der Waals surface area contributed by atoms with Crippen molar-refractivity contribution in [3.8, 4) is 0 Å². The van der Waals surface area contributed by atoms with Crippen LogP contribution in [0.5, 0.6) is 0 Å². The number of carbonyl (C=O) groups is 2. The maximum Gasteiger partial charge on any atom is 0.292 e. The van der Waals surface area contributed by atoms with E-state index in [1.807, 2.05) is 20.8 Å². The first-order valence-electron chi connectivity index (χ1n) is 7.05. The molecule has 0 saturated carbocycles. The van der Waals surface area contributed by atoms with E-state index in [0.717, 1.165) is 0 Å². The number of nitro groups is 1. The molecule has 7 heteroatoms. The van der Waals surface area contributed by atoms with E-state index in [9.17, 15) is 19.7 Å². The molecule has 22 heavy (non-hydrogen) atoms. The van der Waals surface area contributed by atoms with E-state index in [-0.39, 0.29) is 35.1 Å². The van der Waals surface area contributed by atoms with Gasteiger partial charge in [0.2, 0.25) is 11.8 Å². The summed E-state index contributed by atoms with van der Waals surface area (Å²) in [6, 6.07) is 5.96. The average Bonchev–Trinajstić information content (AvgIpc) is 2.81. The minimum atomic E-state index is -0.545. The lowest BCUT2D eigenvalue weighted by Crippen LogP contribution is -2.42. The lowest BCUT2D eigenvalue weighted by Gasteiger charge is -2.31. The summed E-state index contributed by atoms with van der Waals surface area (Å²) in [6.07, 6.45) is 0.129. The second kappa shape index (κ2) is 5.75. The predicted octanol–water partition coefficient (Wildman–Crippen LogP) is 2.18. The minimum absolute atomic E-state index is 0.0739. The zero-order valence-corrected chi connectivity index (χ0v) is 12.8. The van der Waals surface area contributed by atoms with Crippen molar-refractivity contribution in [2.45, 2.75) is 32.7 Å². The fourth-order valence-electron chi connectivity index (χ4n) is 2.50. The maximum atomic E-state index is 12.3. The summed E-state index contributed by atoms with van der Waals surface area (Å²) in [5.74, 6) is -0.934. The van der Waals surface area contributed by atoms with Gasteiger partial charge in [-0.05, 0) is 26.8 Å². The highest BCUT2D eigenvalue weighted by Crippen LogP contribution is 2.28. The van der Waals surface area contributed by atoms with Crippen LogP contribution in [-0.4, -0.2) is 33.7 Å². The maximum absolute atomic E-state index is 12.3. The standard InChI is InChI=1S/C15H19N3O4/c1-15(2,3)17-9-10(8-13(17)19)14(20)16-11-6-4-5-7-12(11)18(21)22/h4-7,10H,8-9H2,1-3H3,(H,16,20). The molecule has 1 aromatic carbocycles. The van der Waals surface area contributed by atoms with Gasteiger partial charge < -0.3 is 10.2 Å². The SMILES string of the molecule is CC(C)(C)N1CC(C(=O)Nc2ccccc2[N+](=O)[O-])CC1=O. The van der Waals surface area contributed by atoms with Crippen molar-refractivity contribution in [2.24, 2.45) is 5.92 Å². The Hall–Kier alpha value is -2.44. The van der Waals surface area contributed by atoms with Crippen LogP contribution in [0.1, 0.15) is 27.2 Å². The smallest absolute Gasteiger partial charge is 0.292 e. The van der Waals surface area contributed by atoms with Gasteiger partial charge in [-0.25, -0.2) is 0 Å². The number of hydrogen-bond donors (Lipinski definition) is 1. The second-order valence-corrected chi connectivity index (χ2v) is 6.34. The Balaban J connectivity index is 2.12. The highest BCUT2D eigenvalue weighted by atomic mass is 16.6. The molecule has 1 atom stereocenters. The summed E-state index contributed by atoms with van der Waals surface area (Å²) >= 11 is 0. The number of nitrogens with zero attached hydrogens (tertiary/aromatic N) is 2. The van der Waals surface area contributed by atoms with E-state index >= 15 is 0 Å². The van der Waals surface area contributed by atoms with E-state index in [0.29, 0.717) is 6.54 Å². The molecule has 1 aromatic rings. The van der Waals surface area contributed by atoms with Crippen LogP contribution in [0.25, 0.3) is 0 Å². The fraction of sp³-hybridized carbons (Fsp3) is 0.467. The molecule has 1 heterocycles. The molecule has 1 unspecified atom stereocenters. The first-order valence-corrected chi connectivity index (χ1v) is 7.05. The van der Waals surface area contributed by atoms with Gasteiger partial charge in [-0.2, -0.15) is 0 Å². The van der Waals surface area contributed by atoms with Gasteiger partial charge in [0, 0.05) is 24.6 Å². The van der Waals surface area contributed by atoms with Gasteiger partial charge in [-0.15, -0.1) is 0 Å². The van der Waals surface area contributed by atoms with Crippen LogP contribution in [-0.2, 0) is 9.59 Å². The lowest BCUT2D eigenvalue weighted by molar-refractivity contribution is -0.383. The molecule has 0 aromatic heterocycles. The number of nitro benzene ring substituents is 1. The Morgan fingerprint density at radius 3 is 2.55 bits per heavy atom. The normalized spacial score (nSPS) is 18.4. The first-order chi connectivity index (χ1) is 10.2. The van der Waals surface area contributed by atoms with Crippen molar-refractivity contribution in [3.63, 3.8) is 0 Å². The van der Waals surface area contributed by atoms with Crippen LogP contribution in [0.3, 0.4) is 0 Å². The molecule has 0 radical (unpaired) electrons. The molecule has 118 valence electrons. The van der Waals surface area contributed by atoms with Gasteiger partial charge in [-0.1, -0.05) is 12.1 Å². The van der Waals surface area contributed by atoms with Crippen LogP contribution in [0, 0.1) is 16.0 Å². The van der Waals surface area contributed by atoms with Gasteiger partial charge >= 0.3 is 0 Å². The van der Waals surface area contributed by atoms with Crippen LogP contribution in [0.2, 0.25) is 0 Å². The highest BCUT2D eigenvalue weighted by Gasteiger charge is 2.39. The monoisotopic (exact) mass is 305 g/mol. The van der Waals surface area contributed by atoms with Crippen LogP contribution < -0.4 is 5.32 Å². The molecule has 1 aliphatic rings.